The van der Waals surface area contributed by atoms with Crippen molar-refractivity contribution in [3.8, 4) is 0 Å². The highest BCUT2D eigenvalue weighted by atomic mass is 31.2. The van der Waals surface area contributed by atoms with Gasteiger partial charge in [-0.15, -0.1) is 0 Å². The molecule has 3 atom stereocenters. The van der Waals surface area contributed by atoms with Gasteiger partial charge in [0, 0.05) is 6.42 Å². The number of hydrogen-bond donors (Lipinski definition) is 1. The van der Waals surface area contributed by atoms with E-state index in [0.29, 0.717) is 5.56 Å². The molecule has 122 valence electrons. The van der Waals surface area contributed by atoms with Crippen molar-refractivity contribution in [2.24, 2.45) is 0 Å². The van der Waals surface area contributed by atoms with Gasteiger partial charge in [0.25, 0.3) is 0 Å². The van der Waals surface area contributed by atoms with Gasteiger partial charge in [-0.25, -0.2) is 0 Å². The van der Waals surface area contributed by atoms with Crippen molar-refractivity contribution in [1.29, 1.82) is 0 Å². The Labute approximate surface area is 129 Å². The summed E-state index contributed by atoms with van der Waals surface area (Å²) in [4.78, 5) is 12.1. The van der Waals surface area contributed by atoms with Crippen molar-refractivity contribution >= 4 is 13.6 Å². The molecule has 0 radical (unpaired) electrons. The summed E-state index contributed by atoms with van der Waals surface area (Å²) in [6, 6.07) is 8.90. The van der Waals surface area contributed by atoms with E-state index in [1.807, 2.05) is 6.07 Å². The number of esters is 1. The van der Waals surface area contributed by atoms with Crippen LogP contribution in [-0.4, -0.2) is 36.1 Å². The molecule has 22 heavy (non-hydrogen) atoms. The second-order valence-corrected chi connectivity index (χ2v) is 7.18. The van der Waals surface area contributed by atoms with Crippen LogP contribution in [0.4, 0.5) is 0 Å². The molecule has 1 aromatic rings. The lowest BCUT2D eigenvalue weighted by Crippen LogP contribution is -2.19. The Morgan fingerprint density at radius 1 is 1.27 bits per heavy atom. The van der Waals surface area contributed by atoms with Gasteiger partial charge < -0.3 is 18.9 Å². The molecule has 0 aliphatic carbocycles. The van der Waals surface area contributed by atoms with E-state index in [-0.39, 0.29) is 19.6 Å². The Morgan fingerprint density at radius 3 is 2.41 bits per heavy atom. The fourth-order valence-electron chi connectivity index (χ4n) is 2.49. The number of carbonyl (C=O) groups is 1. The van der Waals surface area contributed by atoms with E-state index in [0.717, 1.165) is 0 Å². The standard InChI is InChI=1S/C15H21O6P/c1-3-19-22(18,20-4-2)13-10-12(21-15(13)17)14(16)11-8-6-5-7-9-11/h5-9,12-14,16H,3-4,10H2,1-2H3/t12-,13?,14-/m1/s1. The first-order chi connectivity index (χ1) is 10.5. The summed E-state index contributed by atoms with van der Waals surface area (Å²) in [6.45, 7) is 3.71. The first-order valence-electron chi connectivity index (χ1n) is 7.34. The molecule has 1 saturated heterocycles. The van der Waals surface area contributed by atoms with E-state index in [9.17, 15) is 14.5 Å². The van der Waals surface area contributed by atoms with Crippen LogP contribution in [-0.2, 0) is 23.1 Å². The Bertz CT molecular complexity index is 536. The normalized spacial score (nSPS) is 23.3. The van der Waals surface area contributed by atoms with Gasteiger partial charge in [0.05, 0.1) is 13.2 Å². The van der Waals surface area contributed by atoms with Crippen molar-refractivity contribution < 1.29 is 28.3 Å². The smallest absolute Gasteiger partial charge is 0.345 e. The molecular formula is C15H21O6P. The van der Waals surface area contributed by atoms with Crippen LogP contribution >= 0.6 is 7.60 Å². The highest BCUT2D eigenvalue weighted by Gasteiger charge is 2.50. The second kappa shape index (κ2) is 7.38. The minimum atomic E-state index is -3.58. The molecule has 1 aliphatic heterocycles. The van der Waals surface area contributed by atoms with Gasteiger partial charge in [-0.1, -0.05) is 30.3 Å². The molecule has 1 heterocycles. The Morgan fingerprint density at radius 2 is 1.86 bits per heavy atom. The van der Waals surface area contributed by atoms with Gasteiger partial charge in [0.1, 0.15) is 12.2 Å². The predicted molar refractivity (Wildman–Crippen MR) is 80.5 cm³/mol. The topological polar surface area (TPSA) is 82.1 Å². The van der Waals surface area contributed by atoms with Crippen LogP contribution in [0.25, 0.3) is 0 Å². The van der Waals surface area contributed by atoms with Gasteiger partial charge in [-0.3, -0.25) is 9.36 Å². The van der Waals surface area contributed by atoms with E-state index in [4.69, 9.17) is 13.8 Å². The number of aliphatic hydroxyl groups is 1. The Kier molecular flexibility index (Phi) is 5.75. The largest absolute Gasteiger partial charge is 0.458 e. The van der Waals surface area contributed by atoms with E-state index < -0.39 is 31.4 Å². The summed E-state index contributed by atoms with van der Waals surface area (Å²) in [5, 5.41) is 10.3. The van der Waals surface area contributed by atoms with Gasteiger partial charge in [0.15, 0.2) is 5.66 Å². The number of benzene rings is 1. The third kappa shape index (κ3) is 3.58. The maximum Gasteiger partial charge on any atom is 0.345 e. The van der Waals surface area contributed by atoms with Crippen LogP contribution < -0.4 is 0 Å². The summed E-state index contributed by atoms with van der Waals surface area (Å²) in [5.41, 5.74) is -0.348. The van der Waals surface area contributed by atoms with Crippen molar-refractivity contribution in [3.05, 3.63) is 35.9 Å². The number of ether oxygens (including phenoxy) is 1. The number of hydrogen-bond acceptors (Lipinski definition) is 6. The molecule has 1 aliphatic rings. The lowest BCUT2D eigenvalue weighted by molar-refractivity contribution is -0.145. The quantitative estimate of drug-likeness (QED) is 0.612. The van der Waals surface area contributed by atoms with Crippen molar-refractivity contribution in [2.75, 3.05) is 13.2 Å². The third-order valence-electron chi connectivity index (χ3n) is 3.49. The molecule has 0 saturated carbocycles. The van der Waals surface area contributed by atoms with Crippen LogP contribution in [0.15, 0.2) is 30.3 Å². The predicted octanol–water partition coefficient (Wildman–Crippen LogP) is 2.67. The van der Waals surface area contributed by atoms with Crippen LogP contribution in [0.3, 0.4) is 0 Å². The lowest BCUT2D eigenvalue weighted by atomic mass is 10.0. The first-order valence-corrected chi connectivity index (χ1v) is 8.95. The number of rotatable bonds is 7. The van der Waals surface area contributed by atoms with Crippen LogP contribution in [0, 0.1) is 0 Å². The molecule has 0 amide bonds. The van der Waals surface area contributed by atoms with Gasteiger partial charge in [-0.2, -0.15) is 0 Å². The van der Waals surface area contributed by atoms with E-state index >= 15 is 0 Å². The summed E-state index contributed by atoms with van der Waals surface area (Å²) in [5.74, 6) is -0.648. The monoisotopic (exact) mass is 328 g/mol. The maximum atomic E-state index is 12.7. The van der Waals surface area contributed by atoms with Gasteiger partial charge in [0.2, 0.25) is 0 Å². The molecule has 1 unspecified atom stereocenters. The van der Waals surface area contributed by atoms with Crippen LogP contribution in [0.1, 0.15) is 31.9 Å². The molecule has 7 heteroatoms. The minimum absolute atomic E-state index is 0.103. The molecule has 1 aromatic carbocycles. The molecule has 0 bridgehead atoms. The van der Waals surface area contributed by atoms with E-state index in [1.54, 1.807) is 38.1 Å². The summed E-state index contributed by atoms with van der Waals surface area (Å²) in [7, 11) is -3.58. The number of carbonyl (C=O) groups excluding carboxylic acids is 1. The molecule has 0 spiro atoms. The van der Waals surface area contributed by atoms with E-state index in [2.05, 4.69) is 0 Å². The fraction of sp³-hybridized carbons (Fsp3) is 0.533. The molecule has 1 fully saturated rings. The summed E-state index contributed by atoms with van der Waals surface area (Å²) < 4.78 is 28.3. The lowest BCUT2D eigenvalue weighted by Gasteiger charge is -2.20. The average molecular weight is 328 g/mol. The molecule has 6 nitrogen and oxygen atoms in total. The SMILES string of the molecule is CCOP(=O)(OCC)C1C[C@H]([C@H](O)c2ccccc2)OC1=O. The first kappa shape index (κ1) is 17.2. The second-order valence-electron chi connectivity index (χ2n) is 4.96. The highest BCUT2D eigenvalue weighted by Crippen LogP contribution is 2.57. The Balaban J connectivity index is 2.14. The zero-order chi connectivity index (χ0) is 16.2. The van der Waals surface area contributed by atoms with Crippen molar-refractivity contribution in [1.82, 2.24) is 0 Å². The van der Waals surface area contributed by atoms with E-state index in [1.165, 1.54) is 0 Å². The highest BCUT2D eigenvalue weighted by molar-refractivity contribution is 7.55. The number of cyclic esters (lactones) is 1. The fourth-order valence-corrected chi connectivity index (χ4v) is 4.42. The van der Waals surface area contributed by atoms with Gasteiger partial charge in [-0.05, 0) is 19.4 Å². The molecule has 1 N–H and O–H groups in total. The van der Waals surface area contributed by atoms with Crippen molar-refractivity contribution in [3.63, 3.8) is 0 Å². The number of aliphatic hydroxyl groups excluding tert-OH is 1. The minimum Gasteiger partial charge on any atom is -0.458 e. The average Bonchev–Trinajstić information content (AvgIpc) is 2.90. The van der Waals surface area contributed by atoms with Gasteiger partial charge >= 0.3 is 13.6 Å². The molecule has 0 aromatic heterocycles. The zero-order valence-electron chi connectivity index (χ0n) is 12.7. The van der Waals surface area contributed by atoms with Crippen molar-refractivity contribution in [2.45, 2.75) is 38.1 Å². The maximum absolute atomic E-state index is 12.7. The molecular weight excluding hydrogens is 307 g/mol. The summed E-state index contributed by atoms with van der Waals surface area (Å²) in [6.07, 6.45) is -1.62. The van der Waals surface area contributed by atoms with Crippen LogP contribution in [0.2, 0.25) is 0 Å². The molecule has 2 rings (SSSR count). The third-order valence-corrected chi connectivity index (χ3v) is 5.91. The zero-order valence-corrected chi connectivity index (χ0v) is 13.6. The Hall–Kier alpha value is -1.20. The summed E-state index contributed by atoms with van der Waals surface area (Å²) >= 11 is 0. The van der Waals surface area contributed by atoms with Crippen LogP contribution in [0.5, 0.6) is 0 Å².